The number of halogens is 5. The summed E-state index contributed by atoms with van der Waals surface area (Å²) in [6, 6.07) is 4.24. The first-order valence-electron chi connectivity index (χ1n) is 8.20. The number of methoxy groups -OCH3 is 1. The highest BCUT2D eigenvalue weighted by molar-refractivity contribution is 9.12. The number of hydrogen-bond acceptors (Lipinski definition) is 5. The maximum atomic E-state index is 13.0. The lowest BCUT2D eigenvalue weighted by Crippen LogP contribution is -2.40. The van der Waals surface area contributed by atoms with Crippen LogP contribution in [0.2, 0.25) is 5.02 Å². The molecule has 0 aliphatic carbocycles. The van der Waals surface area contributed by atoms with Crippen LogP contribution < -0.4 is 11.2 Å². The molecule has 0 spiro atoms. The number of carbonyl (C=O) groups is 1. The highest BCUT2D eigenvalue weighted by Crippen LogP contribution is 2.27. The first-order valence-corrected chi connectivity index (χ1v) is 9.38. The molecule has 12 heteroatoms. The van der Waals surface area contributed by atoms with E-state index in [0.29, 0.717) is 15.2 Å². The first-order chi connectivity index (χ1) is 14.0. The molecule has 0 aliphatic rings. The van der Waals surface area contributed by atoms with Gasteiger partial charge in [-0.15, -0.1) is 0 Å². The van der Waals surface area contributed by atoms with Gasteiger partial charge in [0, 0.05) is 25.2 Å². The summed E-state index contributed by atoms with van der Waals surface area (Å²) in [6.07, 6.45) is -3.57. The van der Waals surface area contributed by atoms with Crippen molar-refractivity contribution in [1.82, 2.24) is 9.13 Å². The van der Waals surface area contributed by atoms with Gasteiger partial charge in [0.1, 0.15) is 16.8 Å². The van der Waals surface area contributed by atoms with Crippen LogP contribution in [-0.2, 0) is 27.5 Å². The number of nitrogens with zero attached hydrogens (tertiary/aromatic N) is 2. The van der Waals surface area contributed by atoms with Gasteiger partial charge in [-0.2, -0.15) is 13.2 Å². The van der Waals surface area contributed by atoms with Crippen molar-refractivity contribution in [3.63, 3.8) is 0 Å². The molecule has 0 radical (unpaired) electrons. The predicted molar refractivity (Wildman–Crippen MR) is 107 cm³/mol. The molecule has 7 nitrogen and oxygen atoms in total. The SMILES string of the molecule is COCCOC(=O)/C(Br)=C/c1cc(-n2c(=O)cc(C(F)(F)F)n(C)c2=O)ccc1Cl. The standard InChI is InChI=1S/C18H15BrClF3N2O5/c1-24-14(18(21,22)23)9-15(26)25(17(24)28)11-3-4-13(20)10(7-11)8-12(19)16(27)30-6-5-29-2/h3-4,7-9H,5-6H2,1-2H3/b12-8-. The van der Waals surface area contributed by atoms with Gasteiger partial charge >= 0.3 is 17.8 Å². The van der Waals surface area contributed by atoms with Crippen molar-refractivity contribution in [3.8, 4) is 5.69 Å². The Hall–Kier alpha value is -2.37. The van der Waals surface area contributed by atoms with Crippen LogP contribution in [0.3, 0.4) is 0 Å². The molecule has 2 rings (SSSR count). The van der Waals surface area contributed by atoms with Crippen molar-refractivity contribution in [3.05, 3.63) is 65.9 Å². The Morgan fingerprint density at radius 2 is 1.90 bits per heavy atom. The van der Waals surface area contributed by atoms with Gasteiger partial charge < -0.3 is 9.47 Å². The topological polar surface area (TPSA) is 79.5 Å². The summed E-state index contributed by atoms with van der Waals surface area (Å²) in [4.78, 5) is 36.6. The number of rotatable bonds is 6. The molecule has 1 aromatic carbocycles. The number of carbonyl (C=O) groups excluding carboxylic acids is 1. The number of hydrogen-bond donors (Lipinski definition) is 0. The van der Waals surface area contributed by atoms with Crippen molar-refractivity contribution >= 4 is 39.6 Å². The maximum absolute atomic E-state index is 13.0. The molecule has 1 aromatic heterocycles. The zero-order valence-corrected chi connectivity index (χ0v) is 18.0. The molecule has 162 valence electrons. The third-order valence-electron chi connectivity index (χ3n) is 3.85. The molecule has 0 aliphatic heterocycles. The Morgan fingerprint density at radius 3 is 2.50 bits per heavy atom. The Morgan fingerprint density at radius 1 is 1.23 bits per heavy atom. The molecule has 0 fully saturated rings. The van der Waals surface area contributed by atoms with E-state index in [0.717, 1.165) is 7.05 Å². The molecule has 0 saturated carbocycles. The molecular formula is C18H15BrClF3N2O5. The lowest BCUT2D eigenvalue weighted by molar-refractivity contribution is -0.144. The Labute approximate surface area is 181 Å². The summed E-state index contributed by atoms with van der Waals surface area (Å²) < 4.78 is 49.6. The van der Waals surface area contributed by atoms with Crippen LogP contribution in [0.5, 0.6) is 0 Å². The average Bonchev–Trinajstić information content (AvgIpc) is 2.66. The minimum absolute atomic E-state index is 0.00896. The maximum Gasteiger partial charge on any atom is 0.431 e. The van der Waals surface area contributed by atoms with Crippen molar-refractivity contribution in [2.75, 3.05) is 20.3 Å². The molecule has 0 amide bonds. The van der Waals surface area contributed by atoms with E-state index in [2.05, 4.69) is 15.9 Å². The second kappa shape index (κ2) is 9.63. The lowest BCUT2D eigenvalue weighted by Gasteiger charge is -2.14. The van der Waals surface area contributed by atoms with E-state index in [9.17, 15) is 27.6 Å². The first kappa shape index (κ1) is 23.9. The smallest absolute Gasteiger partial charge is 0.431 e. The van der Waals surface area contributed by atoms with Crippen molar-refractivity contribution in [2.24, 2.45) is 7.05 Å². The van der Waals surface area contributed by atoms with E-state index in [1.807, 2.05) is 0 Å². The van der Waals surface area contributed by atoms with Crippen LogP contribution >= 0.6 is 27.5 Å². The van der Waals surface area contributed by atoms with E-state index >= 15 is 0 Å². The summed E-state index contributed by atoms with van der Waals surface area (Å²) in [5, 5.41) is 0.164. The lowest BCUT2D eigenvalue weighted by atomic mass is 10.2. The van der Waals surface area contributed by atoms with Gasteiger partial charge in [-0.25, -0.2) is 14.2 Å². The summed E-state index contributed by atoms with van der Waals surface area (Å²) in [5.74, 6) is -0.712. The van der Waals surface area contributed by atoms with Crippen LogP contribution in [0.4, 0.5) is 13.2 Å². The molecule has 1 heterocycles. The Balaban J connectivity index is 2.51. The number of benzene rings is 1. The second-order valence-electron chi connectivity index (χ2n) is 5.87. The molecular weight excluding hydrogens is 497 g/mol. The molecule has 0 saturated heterocycles. The van der Waals surface area contributed by atoms with Crippen molar-refractivity contribution < 1.29 is 27.4 Å². The third kappa shape index (κ3) is 5.41. The average molecular weight is 512 g/mol. The summed E-state index contributed by atoms with van der Waals surface area (Å²) >= 11 is 9.14. The van der Waals surface area contributed by atoms with Gasteiger partial charge in [0.05, 0.1) is 12.3 Å². The van der Waals surface area contributed by atoms with E-state index in [4.69, 9.17) is 21.1 Å². The van der Waals surface area contributed by atoms with Crippen LogP contribution in [0.1, 0.15) is 11.3 Å². The molecule has 30 heavy (non-hydrogen) atoms. The molecule has 0 unspecified atom stereocenters. The largest absolute Gasteiger partial charge is 0.459 e. The summed E-state index contributed by atoms with van der Waals surface area (Å²) in [7, 11) is 2.35. The molecule has 2 aromatic rings. The van der Waals surface area contributed by atoms with Crippen molar-refractivity contribution in [2.45, 2.75) is 6.18 Å². The van der Waals surface area contributed by atoms with Gasteiger partial charge in [-0.3, -0.25) is 9.36 Å². The van der Waals surface area contributed by atoms with E-state index in [1.165, 1.54) is 31.4 Å². The molecule has 0 atom stereocenters. The van der Waals surface area contributed by atoms with Crippen molar-refractivity contribution in [1.29, 1.82) is 0 Å². The van der Waals surface area contributed by atoms with Gasteiger partial charge in [0.25, 0.3) is 5.56 Å². The van der Waals surface area contributed by atoms with E-state index in [1.54, 1.807) is 0 Å². The third-order valence-corrected chi connectivity index (χ3v) is 4.74. The van der Waals surface area contributed by atoms with E-state index < -0.39 is 29.1 Å². The monoisotopic (exact) mass is 510 g/mol. The Kier molecular flexibility index (Phi) is 7.67. The van der Waals surface area contributed by atoms with Gasteiger partial charge in [-0.05, 0) is 45.8 Å². The summed E-state index contributed by atoms with van der Waals surface area (Å²) in [6.45, 7) is 0.214. The predicted octanol–water partition coefficient (Wildman–Crippen LogP) is 3.13. The van der Waals surface area contributed by atoms with Crippen LogP contribution in [0.25, 0.3) is 11.8 Å². The second-order valence-corrected chi connectivity index (χ2v) is 7.13. The zero-order chi connectivity index (χ0) is 22.6. The van der Waals surface area contributed by atoms with E-state index in [-0.39, 0.29) is 34.0 Å². The normalized spacial score (nSPS) is 12.2. The quantitative estimate of drug-likeness (QED) is 0.338. The van der Waals surface area contributed by atoms with Gasteiger partial charge in [0.15, 0.2) is 0 Å². The minimum atomic E-state index is -4.87. The zero-order valence-electron chi connectivity index (χ0n) is 15.6. The van der Waals surface area contributed by atoms with Crippen LogP contribution in [-0.4, -0.2) is 35.4 Å². The highest BCUT2D eigenvalue weighted by atomic mass is 79.9. The fourth-order valence-corrected chi connectivity index (χ4v) is 2.93. The molecule has 0 N–H and O–H groups in total. The number of ether oxygens (including phenoxy) is 2. The number of aromatic nitrogens is 2. The molecule has 0 bridgehead atoms. The van der Waals surface area contributed by atoms with Gasteiger partial charge in [-0.1, -0.05) is 11.6 Å². The highest BCUT2D eigenvalue weighted by Gasteiger charge is 2.35. The fourth-order valence-electron chi connectivity index (χ4n) is 2.40. The fraction of sp³-hybridized carbons (Fsp3) is 0.278. The van der Waals surface area contributed by atoms with Crippen LogP contribution in [0, 0.1) is 0 Å². The summed E-state index contributed by atoms with van der Waals surface area (Å²) in [5.41, 5.74) is -3.54. The minimum Gasteiger partial charge on any atom is -0.459 e. The van der Waals surface area contributed by atoms with Gasteiger partial charge in [0.2, 0.25) is 0 Å². The Bertz CT molecular complexity index is 1110. The van der Waals surface area contributed by atoms with Crippen LogP contribution in [0.15, 0.2) is 38.3 Å². The number of esters is 1. The number of alkyl halides is 3.